The maximum absolute atomic E-state index is 14.2. The minimum Gasteiger partial charge on any atom is -0.378 e. The van der Waals surface area contributed by atoms with Crippen LogP contribution in [0.3, 0.4) is 0 Å². The van der Waals surface area contributed by atoms with Gasteiger partial charge < -0.3 is 20.5 Å². The van der Waals surface area contributed by atoms with Gasteiger partial charge in [-0.3, -0.25) is 9.59 Å². The summed E-state index contributed by atoms with van der Waals surface area (Å²) in [5.41, 5.74) is 4.26. The molecule has 1 aromatic heterocycles. The summed E-state index contributed by atoms with van der Waals surface area (Å²) in [5.74, 6) is 0.0998. The van der Waals surface area contributed by atoms with Gasteiger partial charge in [-0.2, -0.15) is 0 Å². The molecule has 37 heavy (non-hydrogen) atoms. The van der Waals surface area contributed by atoms with Crippen molar-refractivity contribution in [3.63, 3.8) is 0 Å². The number of H-pyrrole nitrogens is 1. The zero-order valence-corrected chi connectivity index (χ0v) is 20.8. The number of carbonyl (C=O) groups is 2. The molecule has 2 amide bonds. The number of imidazole rings is 1. The molecular formula is C30H33N5O2. The van der Waals surface area contributed by atoms with Crippen LogP contribution >= 0.6 is 0 Å². The highest BCUT2D eigenvalue weighted by molar-refractivity contribution is 5.92. The summed E-state index contributed by atoms with van der Waals surface area (Å²) in [6, 6.07) is 19.0. The molecule has 0 bridgehead atoms. The number of anilines is 1. The Hall–Kier alpha value is -3.87. The molecule has 2 aromatic carbocycles. The Morgan fingerprint density at radius 1 is 1.00 bits per heavy atom. The van der Waals surface area contributed by atoms with E-state index in [1.807, 2.05) is 6.07 Å². The van der Waals surface area contributed by atoms with Crippen molar-refractivity contribution in [3.05, 3.63) is 90.0 Å². The molecular weight excluding hydrogens is 462 g/mol. The first-order valence-electron chi connectivity index (χ1n) is 13.4. The molecule has 7 heteroatoms. The number of aromatic nitrogens is 2. The van der Waals surface area contributed by atoms with E-state index in [-0.39, 0.29) is 35.9 Å². The third-order valence-corrected chi connectivity index (χ3v) is 8.24. The van der Waals surface area contributed by atoms with E-state index < -0.39 is 0 Å². The Morgan fingerprint density at radius 3 is 2.65 bits per heavy atom. The number of nitrogens with zero attached hydrogens (tertiary/aromatic N) is 2. The number of nitrogens with one attached hydrogen (secondary N) is 3. The molecule has 6 rings (SSSR count). The zero-order valence-electron chi connectivity index (χ0n) is 20.8. The van der Waals surface area contributed by atoms with Gasteiger partial charge in [0.2, 0.25) is 11.8 Å². The number of likely N-dealkylation sites (tertiary alicyclic amines) is 1. The topological polar surface area (TPSA) is 90.1 Å². The van der Waals surface area contributed by atoms with Gasteiger partial charge >= 0.3 is 0 Å². The maximum Gasteiger partial charge on any atom is 0.244 e. The molecule has 3 aliphatic rings. The third kappa shape index (κ3) is 4.66. The van der Waals surface area contributed by atoms with E-state index >= 15 is 0 Å². The lowest BCUT2D eigenvalue weighted by molar-refractivity contribution is -0.139. The molecule has 3 N–H and O–H groups in total. The van der Waals surface area contributed by atoms with E-state index in [4.69, 9.17) is 0 Å². The lowest BCUT2D eigenvalue weighted by atomic mass is 9.79. The van der Waals surface area contributed by atoms with E-state index in [9.17, 15) is 9.59 Å². The summed E-state index contributed by atoms with van der Waals surface area (Å²) in [5, 5.41) is 6.91. The fourth-order valence-electron chi connectivity index (χ4n) is 6.53. The Kier molecular flexibility index (Phi) is 6.51. The van der Waals surface area contributed by atoms with Gasteiger partial charge in [-0.15, -0.1) is 0 Å². The number of amides is 2. The van der Waals surface area contributed by atoms with Gasteiger partial charge in [0.1, 0.15) is 0 Å². The number of hydrogen-bond donors (Lipinski definition) is 3. The monoisotopic (exact) mass is 495 g/mol. The van der Waals surface area contributed by atoms with Crippen LogP contribution in [-0.2, 0) is 9.59 Å². The van der Waals surface area contributed by atoms with Crippen LogP contribution in [0.5, 0.6) is 0 Å². The lowest BCUT2D eigenvalue weighted by Gasteiger charge is -2.42. The zero-order chi connectivity index (χ0) is 25.2. The minimum absolute atomic E-state index is 0.0352. The molecule has 3 heterocycles. The first-order valence-corrected chi connectivity index (χ1v) is 13.4. The highest BCUT2D eigenvalue weighted by atomic mass is 16.2. The van der Waals surface area contributed by atoms with Crippen LogP contribution in [0, 0.1) is 11.8 Å². The lowest BCUT2D eigenvalue weighted by Crippen LogP contribution is -2.49. The largest absolute Gasteiger partial charge is 0.378 e. The van der Waals surface area contributed by atoms with Gasteiger partial charge in [0.25, 0.3) is 0 Å². The van der Waals surface area contributed by atoms with E-state index in [0.717, 1.165) is 44.3 Å². The average molecular weight is 496 g/mol. The average Bonchev–Trinajstić information content (AvgIpc) is 3.63. The second kappa shape index (κ2) is 10.2. The maximum atomic E-state index is 14.2. The van der Waals surface area contributed by atoms with Crippen molar-refractivity contribution >= 4 is 23.6 Å². The van der Waals surface area contributed by atoms with Crippen molar-refractivity contribution < 1.29 is 9.59 Å². The molecule has 0 unspecified atom stereocenters. The quantitative estimate of drug-likeness (QED) is 0.441. The summed E-state index contributed by atoms with van der Waals surface area (Å²) < 4.78 is 0. The van der Waals surface area contributed by atoms with Crippen molar-refractivity contribution in [2.45, 2.75) is 50.2 Å². The minimum atomic E-state index is -0.201. The van der Waals surface area contributed by atoms with Gasteiger partial charge in [-0.25, -0.2) is 4.98 Å². The molecule has 190 valence electrons. The number of benzene rings is 2. The van der Waals surface area contributed by atoms with Gasteiger partial charge in [-0.1, -0.05) is 61.4 Å². The summed E-state index contributed by atoms with van der Waals surface area (Å²) in [7, 11) is 0. The molecule has 2 fully saturated rings. The molecule has 0 spiro atoms. The molecule has 3 aromatic rings. The number of aromatic amines is 1. The Balaban J connectivity index is 1.24. The van der Waals surface area contributed by atoms with Crippen LogP contribution in [-0.4, -0.2) is 39.3 Å². The van der Waals surface area contributed by atoms with Gasteiger partial charge in [0.15, 0.2) is 0 Å². The second-order valence-corrected chi connectivity index (χ2v) is 10.4. The van der Waals surface area contributed by atoms with Gasteiger partial charge in [0, 0.05) is 36.5 Å². The van der Waals surface area contributed by atoms with Crippen molar-refractivity contribution in [3.8, 4) is 0 Å². The molecule has 7 nitrogen and oxygen atoms in total. The van der Waals surface area contributed by atoms with E-state index in [2.05, 4.69) is 74.0 Å². The first-order chi connectivity index (χ1) is 18.2. The van der Waals surface area contributed by atoms with Crippen LogP contribution in [0.15, 0.2) is 73.2 Å². The Labute approximate surface area is 217 Å². The number of para-hydroxylation sites is 1. The molecule has 0 radical (unpaired) electrons. The van der Waals surface area contributed by atoms with Crippen LogP contribution in [0.1, 0.15) is 61.0 Å². The predicted molar refractivity (Wildman–Crippen MR) is 143 cm³/mol. The highest BCUT2D eigenvalue weighted by Gasteiger charge is 2.48. The normalized spacial score (nSPS) is 26.8. The van der Waals surface area contributed by atoms with E-state index in [1.165, 1.54) is 17.2 Å². The van der Waals surface area contributed by atoms with Crippen molar-refractivity contribution in [2.24, 2.45) is 11.8 Å². The van der Waals surface area contributed by atoms with Crippen LogP contribution in [0.25, 0.3) is 6.08 Å². The molecule has 1 saturated heterocycles. The van der Waals surface area contributed by atoms with Crippen LogP contribution in [0.2, 0.25) is 0 Å². The number of carbonyl (C=O) groups excluding carboxylic acids is 2. The Morgan fingerprint density at radius 2 is 1.81 bits per heavy atom. The molecule has 1 saturated carbocycles. The first kappa shape index (κ1) is 23.5. The van der Waals surface area contributed by atoms with Crippen molar-refractivity contribution in [1.82, 2.24) is 20.2 Å². The van der Waals surface area contributed by atoms with Crippen LogP contribution < -0.4 is 10.6 Å². The number of hydrogen-bond acceptors (Lipinski definition) is 4. The summed E-state index contributed by atoms with van der Waals surface area (Å²) >= 11 is 0. The van der Waals surface area contributed by atoms with E-state index in [1.54, 1.807) is 18.6 Å². The van der Waals surface area contributed by atoms with E-state index in [0.29, 0.717) is 11.6 Å². The standard InChI is InChI=1S/C30H33N5O2/c36-27(15-14-21-18-31-19-32-21)33-26-13-7-5-11-23(26)30(37)35-17-16-24-28(20-8-2-1-3-9-20)34-25-12-6-4-10-22(25)29(24)35/h1-4,6,8-10,12,14-15,18-19,23-24,26,28-29,34H,5,7,11,13,16-17H2,(H,31,32)(H,33,36)/b15-14+/t23-,24-,26+,28-,29-/m0/s1. The molecule has 5 atom stereocenters. The summed E-state index contributed by atoms with van der Waals surface area (Å²) in [4.78, 5) is 36.0. The fourth-order valence-corrected chi connectivity index (χ4v) is 6.53. The highest BCUT2D eigenvalue weighted by Crippen LogP contribution is 2.51. The number of fused-ring (bicyclic) bond motifs is 3. The number of rotatable bonds is 5. The summed E-state index contributed by atoms with van der Waals surface area (Å²) in [6.45, 7) is 0.740. The smallest absolute Gasteiger partial charge is 0.244 e. The van der Waals surface area contributed by atoms with Crippen molar-refractivity contribution in [2.75, 3.05) is 11.9 Å². The summed E-state index contributed by atoms with van der Waals surface area (Å²) in [6.07, 6.45) is 11.1. The second-order valence-electron chi connectivity index (χ2n) is 10.4. The predicted octanol–water partition coefficient (Wildman–Crippen LogP) is 4.85. The van der Waals surface area contributed by atoms with Gasteiger partial charge in [0.05, 0.1) is 30.0 Å². The van der Waals surface area contributed by atoms with Crippen LogP contribution in [0.4, 0.5) is 5.69 Å². The Bertz CT molecular complexity index is 1270. The molecule has 1 aliphatic carbocycles. The van der Waals surface area contributed by atoms with Gasteiger partial charge in [-0.05, 0) is 42.5 Å². The fraction of sp³-hybridized carbons (Fsp3) is 0.367. The third-order valence-electron chi connectivity index (χ3n) is 8.24. The molecule has 2 aliphatic heterocycles. The SMILES string of the molecule is O=C(/C=C/c1c[nH]cn1)N[C@@H]1CCCC[C@@H]1C(=O)N1CC[C@H]2[C@H](c3ccccc3)Nc3ccccc3[C@@H]21. The van der Waals surface area contributed by atoms with Crippen molar-refractivity contribution in [1.29, 1.82) is 0 Å².